The van der Waals surface area contributed by atoms with Gasteiger partial charge in [-0.25, -0.2) is 8.78 Å². The molecule has 0 unspecified atom stereocenters. The molecule has 1 aliphatic rings. The Bertz CT molecular complexity index is 1910. The van der Waals surface area contributed by atoms with Gasteiger partial charge in [0.25, 0.3) is 5.56 Å². The smallest absolute Gasteiger partial charge is 0.253 e. The predicted molar refractivity (Wildman–Crippen MR) is 168 cm³/mol. The molecule has 1 fully saturated rings. The highest BCUT2D eigenvalue weighted by molar-refractivity contribution is 6.02. The van der Waals surface area contributed by atoms with Crippen LogP contribution in [0.1, 0.15) is 37.8 Å². The first-order chi connectivity index (χ1) is 21.2. The first kappa shape index (κ1) is 29.7. The van der Waals surface area contributed by atoms with Gasteiger partial charge in [0.2, 0.25) is 0 Å². The number of aliphatic hydroxyl groups is 1. The van der Waals surface area contributed by atoms with Gasteiger partial charge < -0.3 is 24.0 Å². The molecule has 5 aromatic rings. The number of aryl methyl sites for hydroxylation is 1. The number of methoxy groups -OCH3 is 1. The molecule has 0 spiro atoms. The molecule has 1 N–H and O–H groups in total. The number of fused-ring (bicyclic) bond motifs is 2. The highest BCUT2D eigenvalue weighted by Crippen LogP contribution is 2.40. The van der Waals surface area contributed by atoms with Gasteiger partial charge in [-0.05, 0) is 66.3 Å². The third kappa shape index (κ3) is 5.53. The van der Waals surface area contributed by atoms with E-state index in [1.807, 2.05) is 42.2 Å². The van der Waals surface area contributed by atoms with Crippen LogP contribution in [0.25, 0.3) is 32.9 Å². The Morgan fingerprint density at radius 2 is 1.89 bits per heavy atom. The second-order valence-corrected chi connectivity index (χ2v) is 11.6. The van der Waals surface area contributed by atoms with Crippen molar-refractivity contribution in [2.24, 2.45) is 0 Å². The lowest BCUT2D eigenvalue weighted by molar-refractivity contribution is 0.0450. The molecule has 7 nitrogen and oxygen atoms in total. The van der Waals surface area contributed by atoms with E-state index >= 15 is 8.78 Å². The van der Waals surface area contributed by atoms with Crippen molar-refractivity contribution < 1.29 is 23.4 Å². The van der Waals surface area contributed by atoms with E-state index in [1.54, 1.807) is 31.3 Å². The zero-order valence-corrected chi connectivity index (χ0v) is 25.1. The molecular formula is C35H35F2N3O4. The molecule has 1 aliphatic heterocycles. The molecule has 44 heavy (non-hydrogen) atoms. The van der Waals surface area contributed by atoms with Gasteiger partial charge in [-0.1, -0.05) is 43.3 Å². The molecule has 2 aromatic heterocycles. The Hall–Kier alpha value is -4.34. The zero-order valence-electron chi connectivity index (χ0n) is 25.1. The number of nitrogens with zero attached hydrogens (tertiary/aromatic N) is 3. The van der Waals surface area contributed by atoms with Crippen LogP contribution in [0.4, 0.5) is 14.5 Å². The van der Waals surface area contributed by atoms with Crippen molar-refractivity contribution in [3.05, 3.63) is 100.0 Å². The number of halogens is 2. The molecule has 0 radical (unpaired) electrons. The van der Waals surface area contributed by atoms with E-state index in [0.717, 1.165) is 12.0 Å². The summed E-state index contributed by atoms with van der Waals surface area (Å²) in [7, 11) is 1.50. The van der Waals surface area contributed by atoms with Crippen LogP contribution in [0.2, 0.25) is 0 Å². The Labute approximate surface area is 254 Å². The predicted octanol–water partition coefficient (Wildman–Crippen LogP) is 6.44. The van der Waals surface area contributed by atoms with E-state index in [-0.39, 0.29) is 30.1 Å². The first-order valence-corrected chi connectivity index (χ1v) is 14.8. The summed E-state index contributed by atoms with van der Waals surface area (Å²) in [5.74, 6) is -0.679. The van der Waals surface area contributed by atoms with Crippen LogP contribution in [0.3, 0.4) is 0 Å². The molecule has 6 rings (SSSR count). The summed E-state index contributed by atoms with van der Waals surface area (Å²) in [5, 5.41) is 12.5. The fourth-order valence-corrected chi connectivity index (χ4v) is 6.34. The lowest BCUT2D eigenvalue weighted by atomic mass is 9.93. The summed E-state index contributed by atoms with van der Waals surface area (Å²) in [6, 6.07) is 17.3. The number of β-amino-alcohol motifs (C(OH)–C–C–N with tert-alkyl or cyclic N) is 1. The summed E-state index contributed by atoms with van der Waals surface area (Å²) in [4.78, 5) is 20.4. The van der Waals surface area contributed by atoms with Crippen molar-refractivity contribution in [2.45, 2.75) is 45.3 Å². The third-order valence-electron chi connectivity index (χ3n) is 8.36. The van der Waals surface area contributed by atoms with Crippen LogP contribution in [0.5, 0.6) is 5.75 Å². The van der Waals surface area contributed by atoms with Gasteiger partial charge >= 0.3 is 0 Å². The number of benzene rings is 3. The van der Waals surface area contributed by atoms with Crippen molar-refractivity contribution >= 4 is 27.4 Å². The standard InChI is InChI=1S/C35H35F2N3O4/c1-4-25-28(36)12-11-23-15-24(44-21-43-3)16-26(31(23)25)33-32(37)34-27(18-38-33)29(39-14-8-13-35(2,42)20-39)17-30(41)40(34)19-22-9-6-5-7-10-22/h5-7,9-12,15-18,42H,4,8,13-14,19-21H2,1-3H3/t35-/m1/s1. The third-order valence-corrected chi connectivity index (χ3v) is 8.36. The van der Waals surface area contributed by atoms with Crippen molar-refractivity contribution in [3.63, 3.8) is 0 Å². The van der Waals surface area contributed by atoms with Crippen LogP contribution in [-0.2, 0) is 17.7 Å². The SMILES string of the molecule is CCc1c(F)ccc2cc(OCOC)cc(-c3ncc4c(N5CCC[C@@](C)(O)C5)cc(=O)n(Cc5ccccc5)c4c3F)c12. The summed E-state index contributed by atoms with van der Waals surface area (Å²) in [6.45, 7) is 4.64. The topological polar surface area (TPSA) is 76.8 Å². The van der Waals surface area contributed by atoms with Crippen molar-refractivity contribution in [1.82, 2.24) is 9.55 Å². The molecule has 3 aromatic carbocycles. The molecule has 1 atom stereocenters. The van der Waals surface area contributed by atoms with Crippen LogP contribution in [0.15, 0.2) is 71.7 Å². The molecule has 9 heteroatoms. The number of anilines is 1. The number of piperidine rings is 1. The minimum atomic E-state index is -0.947. The number of rotatable bonds is 8. The van der Waals surface area contributed by atoms with E-state index in [0.29, 0.717) is 64.7 Å². The molecule has 0 bridgehead atoms. The van der Waals surface area contributed by atoms with Gasteiger partial charge in [-0.3, -0.25) is 9.78 Å². The van der Waals surface area contributed by atoms with Crippen LogP contribution in [0, 0.1) is 11.6 Å². The molecular weight excluding hydrogens is 564 g/mol. The lowest BCUT2D eigenvalue weighted by Crippen LogP contribution is -2.46. The van der Waals surface area contributed by atoms with Crippen LogP contribution < -0.4 is 15.2 Å². The van der Waals surface area contributed by atoms with Crippen molar-refractivity contribution in [1.29, 1.82) is 0 Å². The molecule has 228 valence electrons. The maximum atomic E-state index is 17.2. The van der Waals surface area contributed by atoms with E-state index < -0.39 is 17.2 Å². The number of hydrogen-bond acceptors (Lipinski definition) is 6. The zero-order chi connectivity index (χ0) is 31.0. The Morgan fingerprint density at radius 1 is 1.09 bits per heavy atom. The monoisotopic (exact) mass is 599 g/mol. The van der Waals surface area contributed by atoms with E-state index in [2.05, 4.69) is 4.98 Å². The fourth-order valence-electron chi connectivity index (χ4n) is 6.34. The summed E-state index contributed by atoms with van der Waals surface area (Å²) < 4.78 is 44.6. The number of aromatic nitrogens is 2. The van der Waals surface area contributed by atoms with Crippen molar-refractivity contribution in [3.8, 4) is 17.0 Å². The van der Waals surface area contributed by atoms with Crippen molar-refractivity contribution in [2.75, 3.05) is 31.9 Å². The summed E-state index contributed by atoms with van der Waals surface area (Å²) >= 11 is 0. The molecule has 0 saturated carbocycles. The average Bonchev–Trinajstić information content (AvgIpc) is 3.01. The maximum Gasteiger partial charge on any atom is 0.253 e. The van der Waals surface area contributed by atoms with E-state index in [4.69, 9.17) is 9.47 Å². The Balaban J connectivity index is 1.65. The highest BCUT2D eigenvalue weighted by atomic mass is 19.1. The van der Waals surface area contributed by atoms with E-state index in [9.17, 15) is 9.90 Å². The minimum Gasteiger partial charge on any atom is -0.468 e. The van der Waals surface area contributed by atoms with Gasteiger partial charge in [0, 0.05) is 43.4 Å². The Morgan fingerprint density at radius 3 is 2.61 bits per heavy atom. The minimum absolute atomic E-state index is 0.0188. The molecule has 1 saturated heterocycles. The molecule has 0 amide bonds. The van der Waals surface area contributed by atoms with Gasteiger partial charge in [-0.15, -0.1) is 0 Å². The second kappa shape index (κ2) is 12.0. The van der Waals surface area contributed by atoms with Gasteiger partial charge in [0.15, 0.2) is 12.6 Å². The quantitative estimate of drug-likeness (QED) is 0.207. The normalized spacial score (nSPS) is 17.0. The number of pyridine rings is 2. The van der Waals surface area contributed by atoms with Crippen LogP contribution >= 0.6 is 0 Å². The largest absolute Gasteiger partial charge is 0.468 e. The maximum absolute atomic E-state index is 17.2. The van der Waals surface area contributed by atoms with Gasteiger partial charge in [-0.2, -0.15) is 0 Å². The van der Waals surface area contributed by atoms with Crippen LogP contribution in [-0.4, -0.2) is 47.3 Å². The summed E-state index contributed by atoms with van der Waals surface area (Å²) in [5.41, 5.74) is 0.898. The lowest BCUT2D eigenvalue weighted by Gasteiger charge is -2.38. The van der Waals surface area contributed by atoms with E-state index in [1.165, 1.54) is 23.8 Å². The molecule has 3 heterocycles. The highest BCUT2D eigenvalue weighted by Gasteiger charge is 2.31. The average molecular weight is 600 g/mol. The van der Waals surface area contributed by atoms with Gasteiger partial charge in [0.1, 0.15) is 17.3 Å². The molecule has 0 aliphatic carbocycles. The summed E-state index contributed by atoms with van der Waals surface area (Å²) in [6.07, 6.45) is 3.31. The Kier molecular flexibility index (Phi) is 8.09. The number of ether oxygens (including phenoxy) is 2. The van der Waals surface area contributed by atoms with Gasteiger partial charge in [0.05, 0.1) is 23.3 Å². The number of hydrogen-bond donors (Lipinski definition) is 1. The fraction of sp³-hybridized carbons (Fsp3) is 0.314. The second-order valence-electron chi connectivity index (χ2n) is 11.6. The first-order valence-electron chi connectivity index (χ1n) is 14.8.